The van der Waals surface area contributed by atoms with Gasteiger partial charge in [-0.3, -0.25) is 19.3 Å². The van der Waals surface area contributed by atoms with Crippen LogP contribution in [0.3, 0.4) is 0 Å². The molecule has 0 bridgehead atoms. The molecule has 9 heteroatoms. The molecule has 6 nitrogen and oxygen atoms in total. The fraction of sp³-hybridized carbons (Fsp3) is 0.0952. The number of halogens is 2. The summed E-state index contributed by atoms with van der Waals surface area (Å²) in [5, 5.41) is 2.18. The van der Waals surface area contributed by atoms with E-state index in [9.17, 15) is 14.4 Å². The van der Waals surface area contributed by atoms with Crippen molar-refractivity contribution in [2.24, 2.45) is 0 Å². The predicted molar refractivity (Wildman–Crippen MR) is 125 cm³/mol. The summed E-state index contributed by atoms with van der Waals surface area (Å²) in [5.41, 5.74) is 1.19. The lowest BCUT2D eigenvalue weighted by molar-refractivity contribution is -0.127. The van der Waals surface area contributed by atoms with Crippen molar-refractivity contribution < 1.29 is 19.1 Å². The van der Waals surface area contributed by atoms with Gasteiger partial charge in [0.1, 0.15) is 18.9 Å². The van der Waals surface area contributed by atoms with E-state index in [1.54, 1.807) is 42.5 Å². The average Bonchev–Trinajstić information content (AvgIpc) is 2.96. The molecule has 1 heterocycles. The van der Waals surface area contributed by atoms with Crippen LogP contribution in [0.25, 0.3) is 6.08 Å². The lowest BCUT2D eigenvalue weighted by Crippen LogP contribution is -2.36. The van der Waals surface area contributed by atoms with E-state index in [2.05, 4.69) is 43.8 Å². The van der Waals surface area contributed by atoms with Crippen LogP contribution < -0.4 is 10.1 Å². The molecule has 30 heavy (non-hydrogen) atoms. The number of para-hydroxylation sites is 1. The van der Waals surface area contributed by atoms with E-state index in [0.29, 0.717) is 28.1 Å². The number of ether oxygens (including phenoxy) is 1. The average molecular weight is 552 g/mol. The maximum Gasteiger partial charge on any atom is 0.294 e. The van der Waals surface area contributed by atoms with Gasteiger partial charge in [0.2, 0.25) is 5.91 Å². The fourth-order valence-corrected chi connectivity index (χ4v) is 4.18. The van der Waals surface area contributed by atoms with Crippen LogP contribution in [0.5, 0.6) is 5.75 Å². The Labute approximate surface area is 194 Å². The first kappa shape index (κ1) is 22.3. The molecule has 1 aliphatic rings. The van der Waals surface area contributed by atoms with Gasteiger partial charge in [0.15, 0.2) is 0 Å². The van der Waals surface area contributed by atoms with Crippen LogP contribution in [-0.2, 0) is 9.59 Å². The number of nitrogens with zero attached hydrogens (tertiary/aromatic N) is 1. The van der Waals surface area contributed by atoms with Crippen LogP contribution in [0.4, 0.5) is 10.5 Å². The maximum absolute atomic E-state index is 12.7. The molecule has 0 aliphatic carbocycles. The van der Waals surface area contributed by atoms with Crippen LogP contribution >= 0.6 is 43.6 Å². The molecule has 0 aromatic heterocycles. The number of amides is 3. The van der Waals surface area contributed by atoms with Gasteiger partial charge in [-0.2, -0.15) is 0 Å². The summed E-state index contributed by atoms with van der Waals surface area (Å²) >= 11 is 7.52. The summed E-state index contributed by atoms with van der Waals surface area (Å²) in [6, 6.07) is 12.4. The zero-order valence-corrected chi connectivity index (χ0v) is 19.6. The largest absolute Gasteiger partial charge is 0.489 e. The first-order valence-electron chi connectivity index (χ1n) is 8.72. The molecule has 1 N–H and O–H groups in total. The number of carbonyl (C=O) groups is 3. The normalized spacial score (nSPS) is 14.9. The van der Waals surface area contributed by atoms with Crippen molar-refractivity contribution >= 4 is 72.4 Å². The molecule has 0 unspecified atom stereocenters. The maximum atomic E-state index is 12.7. The van der Waals surface area contributed by atoms with E-state index in [1.807, 2.05) is 12.1 Å². The Morgan fingerprint density at radius 2 is 1.97 bits per heavy atom. The Bertz CT molecular complexity index is 1060. The molecule has 1 saturated heterocycles. The number of carbonyl (C=O) groups excluding carboxylic acids is 3. The first-order valence-corrected chi connectivity index (χ1v) is 11.1. The standard InChI is InChI=1S/C21H16Br2N2O4S/c1-2-9-29-17-8-7-14(22)10-13(17)11-18-20(27)25(21(28)30-18)12-19(26)24-16-6-4-3-5-15(16)23/h2-8,10-11H,1,9,12H2,(H,24,26)/b18-11+. The van der Waals surface area contributed by atoms with E-state index >= 15 is 0 Å². The number of hydrogen-bond donors (Lipinski definition) is 1. The third-order valence-corrected chi connectivity index (χ3v) is 6.03. The van der Waals surface area contributed by atoms with E-state index in [4.69, 9.17) is 4.74 Å². The molecule has 0 saturated carbocycles. The highest BCUT2D eigenvalue weighted by molar-refractivity contribution is 9.10. The van der Waals surface area contributed by atoms with Gasteiger partial charge >= 0.3 is 0 Å². The molecule has 2 aromatic carbocycles. The van der Waals surface area contributed by atoms with Crippen molar-refractivity contribution in [1.82, 2.24) is 4.90 Å². The minimum atomic E-state index is -0.526. The summed E-state index contributed by atoms with van der Waals surface area (Å²) in [7, 11) is 0. The van der Waals surface area contributed by atoms with Gasteiger partial charge in [-0.1, -0.05) is 40.7 Å². The van der Waals surface area contributed by atoms with E-state index < -0.39 is 17.1 Å². The Morgan fingerprint density at radius 3 is 2.70 bits per heavy atom. The zero-order chi connectivity index (χ0) is 21.7. The Hall–Kier alpha value is -2.36. The van der Waals surface area contributed by atoms with Crippen molar-refractivity contribution in [1.29, 1.82) is 0 Å². The van der Waals surface area contributed by atoms with Gasteiger partial charge < -0.3 is 10.1 Å². The predicted octanol–water partition coefficient (Wildman–Crippen LogP) is 5.45. The van der Waals surface area contributed by atoms with E-state index in [1.165, 1.54) is 0 Å². The lowest BCUT2D eigenvalue weighted by atomic mass is 10.2. The molecule has 154 valence electrons. The molecule has 2 aromatic rings. The molecular formula is C21H16Br2N2O4S. The fourth-order valence-electron chi connectivity index (χ4n) is 2.59. The van der Waals surface area contributed by atoms with Gasteiger partial charge in [0.25, 0.3) is 11.1 Å². The van der Waals surface area contributed by atoms with Crippen molar-refractivity contribution in [2.45, 2.75) is 0 Å². The second-order valence-corrected chi connectivity index (χ2v) is 8.84. The smallest absolute Gasteiger partial charge is 0.294 e. The van der Waals surface area contributed by atoms with Crippen molar-refractivity contribution in [3.05, 3.63) is 74.5 Å². The summed E-state index contributed by atoms with van der Waals surface area (Å²) in [6.45, 7) is 3.55. The van der Waals surface area contributed by atoms with Gasteiger partial charge in [-0.05, 0) is 64.1 Å². The van der Waals surface area contributed by atoms with E-state index in [0.717, 1.165) is 21.1 Å². The lowest BCUT2D eigenvalue weighted by Gasteiger charge is -2.13. The van der Waals surface area contributed by atoms with Crippen LogP contribution in [0.15, 0.2) is 69.0 Å². The van der Waals surface area contributed by atoms with Crippen LogP contribution in [0.1, 0.15) is 5.56 Å². The Balaban J connectivity index is 1.76. The SMILES string of the molecule is C=CCOc1ccc(Br)cc1/C=C1/SC(=O)N(CC(=O)Nc2ccccc2Br)C1=O. The van der Waals surface area contributed by atoms with Crippen molar-refractivity contribution in [3.63, 3.8) is 0 Å². The minimum absolute atomic E-state index is 0.218. The number of thioether (sulfide) groups is 1. The zero-order valence-electron chi connectivity index (χ0n) is 15.6. The highest BCUT2D eigenvalue weighted by Crippen LogP contribution is 2.35. The Morgan fingerprint density at radius 1 is 1.20 bits per heavy atom. The number of hydrogen-bond acceptors (Lipinski definition) is 5. The molecule has 1 fully saturated rings. The van der Waals surface area contributed by atoms with E-state index in [-0.39, 0.29) is 11.4 Å². The number of imide groups is 1. The second-order valence-electron chi connectivity index (χ2n) is 6.08. The first-order chi connectivity index (χ1) is 14.4. The van der Waals surface area contributed by atoms with Crippen LogP contribution in [0.2, 0.25) is 0 Å². The van der Waals surface area contributed by atoms with Gasteiger partial charge in [-0.15, -0.1) is 0 Å². The molecule has 3 rings (SSSR count). The summed E-state index contributed by atoms with van der Waals surface area (Å²) in [6.07, 6.45) is 3.20. The number of anilines is 1. The molecule has 0 spiro atoms. The summed E-state index contributed by atoms with van der Waals surface area (Å²) in [4.78, 5) is 38.6. The third kappa shape index (κ3) is 5.41. The van der Waals surface area contributed by atoms with Gasteiger partial charge in [0.05, 0.1) is 10.6 Å². The summed E-state index contributed by atoms with van der Waals surface area (Å²) < 4.78 is 7.11. The minimum Gasteiger partial charge on any atom is -0.489 e. The number of benzene rings is 2. The van der Waals surface area contributed by atoms with Crippen molar-refractivity contribution in [2.75, 3.05) is 18.5 Å². The third-order valence-electron chi connectivity index (χ3n) is 3.94. The highest BCUT2D eigenvalue weighted by Gasteiger charge is 2.36. The topological polar surface area (TPSA) is 75.7 Å². The number of rotatable bonds is 7. The monoisotopic (exact) mass is 550 g/mol. The molecule has 0 atom stereocenters. The molecule has 0 radical (unpaired) electrons. The number of nitrogens with one attached hydrogen (secondary N) is 1. The quantitative estimate of drug-likeness (QED) is 0.366. The highest BCUT2D eigenvalue weighted by atomic mass is 79.9. The van der Waals surface area contributed by atoms with Gasteiger partial charge in [-0.25, -0.2) is 0 Å². The second kappa shape index (κ2) is 10.1. The van der Waals surface area contributed by atoms with Gasteiger partial charge in [0, 0.05) is 14.5 Å². The Kier molecular flexibility index (Phi) is 7.52. The molecule has 1 aliphatic heterocycles. The van der Waals surface area contributed by atoms with Crippen molar-refractivity contribution in [3.8, 4) is 5.75 Å². The van der Waals surface area contributed by atoms with Crippen LogP contribution in [-0.4, -0.2) is 35.1 Å². The molecule has 3 amide bonds. The van der Waals surface area contributed by atoms with Crippen LogP contribution in [0, 0.1) is 0 Å². The molecular weight excluding hydrogens is 536 g/mol. The summed E-state index contributed by atoms with van der Waals surface area (Å²) in [5.74, 6) is -0.443.